The van der Waals surface area contributed by atoms with E-state index in [2.05, 4.69) is 15.5 Å². The van der Waals surface area contributed by atoms with E-state index in [4.69, 9.17) is 21.4 Å². The summed E-state index contributed by atoms with van der Waals surface area (Å²) in [4.78, 5) is 36.4. The number of anilines is 1. The Morgan fingerprint density at radius 2 is 2.04 bits per heavy atom. The Balaban J connectivity index is 1.47. The maximum Gasteiger partial charge on any atom is 0.407 e. The van der Waals surface area contributed by atoms with Crippen LogP contribution in [-0.2, 0) is 9.53 Å². The largest absolute Gasteiger partial charge is 0.481 e. The van der Waals surface area contributed by atoms with Crippen molar-refractivity contribution in [3.8, 4) is 0 Å². The molecule has 0 aromatic carbocycles. The van der Waals surface area contributed by atoms with Crippen LogP contribution in [0.2, 0.25) is 5.02 Å². The highest BCUT2D eigenvalue weighted by Gasteiger charge is 2.30. The van der Waals surface area contributed by atoms with Crippen LogP contribution in [0.3, 0.4) is 0 Å². The third kappa shape index (κ3) is 4.27. The summed E-state index contributed by atoms with van der Waals surface area (Å²) in [6.07, 6.45) is 3.70. The van der Waals surface area contributed by atoms with Gasteiger partial charge in [0.15, 0.2) is 0 Å². The Kier molecular flexibility index (Phi) is 5.65. The molecule has 0 radical (unpaired) electrons. The molecule has 2 aliphatic rings. The molecule has 10 heteroatoms. The minimum Gasteiger partial charge on any atom is -0.481 e. The van der Waals surface area contributed by atoms with Crippen LogP contribution in [0.4, 0.5) is 10.5 Å². The predicted octanol–water partition coefficient (Wildman–Crippen LogP) is 1.37. The normalized spacial score (nSPS) is 25.7. The molecule has 2 heterocycles. The number of aromatic nitrogens is 2. The number of aliphatic carboxylic acids is 1. The van der Waals surface area contributed by atoms with E-state index < -0.39 is 17.6 Å². The van der Waals surface area contributed by atoms with Crippen molar-refractivity contribution >= 4 is 29.4 Å². The number of nitrogens with zero attached hydrogens (tertiary/aromatic N) is 2. The molecular weight excluding hydrogens is 364 g/mol. The first kappa shape index (κ1) is 18.5. The fourth-order valence-electron chi connectivity index (χ4n) is 3.47. The molecule has 0 bridgehead atoms. The van der Waals surface area contributed by atoms with Gasteiger partial charge in [-0.15, -0.1) is 0 Å². The molecule has 26 heavy (non-hydrogen) atoms. The molecule has 3 N–H and O–H groups in total. The van der Waals surface area contributed by atoms with Crippen LogP contribution >= 0.6 is 11.6 Å². The molecule has 3 rings (SSSR count). The number of halogens is 1. The number of hydrogen-bond acceptors (Lipinski definition) is 6. The molecule has 142 valence electrons. The Morgan fingerprint density at radius 3 is 2.73 bits per heavy atom. The van der Waals surface area contributed by atoms with Crippen molar-refractivity contribution in [2.45, 2.75) is 44.2 Å². The molecule has 1 aromatic heterocycles. The van der Waals surface area contributed by atoms with Crippen molar-refractivity contribution in [3.63, 3.8) is 0 Å². The van der Waals surface area contributed by atoms with E-state index >= 15 is 0 Å². The Labute approximate surface area is 154 Å². The number of alkyl carbamates (subject to hydrolysis) is 1. The van der Waals surface area contributed by atoms with Gasteiger partial charge in [0.2, 0.25) is 0 Å². The zero-order chi connectivity index (χ0) is 18.7. The number of hydrogen-bond donors (Lipinski definition) is 3. The van der Waals surface area contributed by atoms with Gasteiger partial charge in [-0.2, -0.15) is 5.10 Å². The summed E-state index contributed by atoms with van der Waals surface area (Å²) in [5.41, 5.74) is 0.0668. The van der Waals surface area contributed by atoms with Gasteiger partial charge in [-0.25, -0.2) is 9.89 Å². The summed E-state index contributed by atoms with van der Waals surface area (Å²) >= 11 is 6.00. The van der Waals surface area contributed by atoms with Gasteiger partial charge in [0.25, 0.3) is 5.56 Å². The number of amides is 1. The topological polar surface area (TPSA) is 125 Å². The first-order valence-corrected chi connectivity index (χ1v) is 9.00. The SMILES string of the molecule is O=C(N[C@H]1CC[C@@H](C(=O)O)CC1)OC1CCN(c2cn[nH]c(=O)c2Cl)C1. The number of carbonyl (C=O) groups is 2. The Bertz CT molecular complexity index is 732. The number of carbonyl (C=O) groups excluding carboxylic acids is 1. The van der Waals surface area contributed by atoms with Crippen LogP contribution in [0.5, 0.6) is 0 Å². The molecule has 1 unspecified atom stereocenters. The first-order chi connectivity index (χ1) is 12.4. The molecule has 2 fully saturated rings. The summed E-state index contributed by atoms with van der Waals surface area (Å²) in [5, 5.41) is 17.9. The number of nitrogens with one attached hydrogen (secondary N) is 2. The summed E-state index contributed by atoms with van der Waals surface area (Å²) in [5.74, 6) is -1.09. The molecule has 1 saturated carbocycles. The van der Waals surface area contributed by atoms with Crippen molar-refractivity contribution in [1.29, 1.82) is 0 Å². The number of rotatable bonds is 4. The van der Waals surface area contributed by atoms with E-state index in [1.807, 2.05) is 4.90 Å². The highest BCUT2D eigenvalue weighted by atomic mass is 35.5. The smallest absolute Gasteiger partial charge is 0.407 e. The van der Waals surface area contributed by atoms with Gasteiger partial charge in [0.1, 0.15) is 11.1 Å². The second-order valence-electron chi connectivity index (χ2n) is 6.69. The van der Waals surface area contributed by atoms with Crippen molar-refractivity contribution in [3.05, 3.63) is 21.6 Å². The third-order valence-corrected chi connectivity index (χ3v) is 5.30. The van der Waals surface area contributed by atoms with Crippen LogP contribution in [0.25, 0.3) is 0 Å². The first-order valence-electron chi connectivity index (χ1n) is 8.62. The summed E-state index contributed by atoms with van der Waals surface area (Å²) in [7, 11) is 0. The van der Waals surface area contributed by atoms with Crippen molar-refractivity contribution in [1.82, 2.24) is 15.5 Å². The van der Waals surface area contributed by atoms with Gasteiger partial charge >= 0.3 is 12.1 Å². The fourth-order valence-corrected chi connectivity index (χ4v) is 3.69. The van der Waals surface area contributed by atoms with Gasteiger partial charge in [0, 0.05) is 19.0 Å². The zero-order valence-corrected chi connectivity index (χ0v) is 14.9. The number of aromatic amines is 1. The van der Waals surface area contributed by atoms with E-state index in [0.29, 0.717) is 50.9 Å². The van der Waals surface area contributed by atoms with E-state index in [1.54, 1.807) is 0 Å². The number of carboxylic acids is 1. The monoisotopic (exact) mass is 384 g/mol. The van der Waals surface area contributed by atoms with Crippen LogP contribution in [-0.4, -0.2) is 52.6 Å². The van der Waals surface area contributed by atoms with Crippen LogP contribution in [0, 0.1) is 5.92 Å². The molecule has 1 saturated heterocycles. The van der Waals surface area contributed by atoms with Crippen LogP contribution < -0.4 is 15.8 Å². The van der Waals surface area contributed by atoms with E-state index in [9.17, 15) is 14.4 Å². The molecule has 0 spiro atoms. The molecule has 1 amide bonds. The quantitative estimate of drug-likeness (QED) is 0.715. The fraction of sp³-hybridized carbons (Fsp3) is 0.625. The highest BCUT2D eigenvalue weighted by Crippen LogP contribution is 2.27. The third-order valence-electron chi connectivity index (χ3n) is 4.93. The number of H-pyrrole nitrogens is 1. The Hall–Kier alpha value is -2.29. The van der Waals surface area contributed by atoms with Gasteiger partial charge < -0.3 is 20.1 Å². The lowest BCUT2D eigenvalue weighted by Crippen LogP contribution is -2.40. The minimum atomic E-state index is -0.773. The van der Waals surface area contributed by atoms with Crippen LogP contribution in [0.15, 0.2) is 11.0 Å². The second-order valence-corrected chi connectivity index (χ2v) is 7.07. The number of carboxylic acid groups (broad SMARTS) is 1. The van der Waals surface area contributed by atoms with E-state index in [1.165, 1.54) is 6.20 Å². The lowest BCUT2D eigenvalue weighted by Gasteiger charge is -2.27. The maximum absolute atomic E-state index is 12.1. The maximum atomic E-state index is 12.1. The lowest BCUT2D eigenvalue weighted by molar-refractivity contribution is -0.142. The molecular formula is C16H21ClN4O5. The molecule has 1 aliphatic carbocycles. The highest BCUT2D eigenvalue weighted by molar-refractivity contribution is 6.33. The zero-order valence-electron chi connectivity index (χ0n) is 14.1. The van der Waals surface area contributed by atoms with E-state index in [-0.39, 0.29) is 23.1 Å². The van der Waals surface area contributed by atoms with Crippen LogP contribution in [0.1, 0.15) is 32.1 Å². The van der Waals surface area contributed by atoms with Crippen molar-refractivity contribution < 1.29 is 19.4 Å². The lowest BCUT2D eigenvalue weighted by atomic mass is 9.86. The molecule has 9 nitrogen and oxygen atoms in total. The van der Waals surface area contributed by atoms with Gasteiger partial charge in [-0.1, -0.05) is 11.6 Å². The van der Waals surface area contributed by atoms with Crippen molar-refractivity contribution in [2.75, 3.05) is 18.0 Å². The summed E-state index contributed by atoms with van der Waals surface area (Å²) in [6.45, 7) is 1.04. The number of ether oxygens (including phenoxy) is 1. The molecule has 1 atom stereocenters. The predicted molar refractivity (Wildman–Crippen MR) is 93.5 cm³/mol. The van der Waals surface area contributed by atoms with Gasteiger partial charge in [-0.05, 0) is 25.7 Å². The molecule has 1 aromatic rings. The minimum absolute atomic E-state index is 0.0538. The second kappa shape index (κ2) is 7.94. The van der Waals surface area contributed by atoms with Crippen molar-refractivity contribution in [2.24, 2.45) is 5.92 Å². The summed E-state index contributed by atoms with van der Waals surface area (Å²) in [6, 6.07) is -0.0538. The standard InChI is InChI=1S/C16H21ClN4O5/c17-13-12(7-18-20-14(13)22)21-6-5-11(8-21)26-16(25)19-10-3-1-9(2-4-10)15(23)24/h7,9-11H,1-6,8H2,(H,19,25)(H,20,22)(H,23,24)/t9-,10+,11?. The average Bonchev–Trinajstić information content (AvgIpc) is 3.05. The average molecular weight is 385 g/mol. The Morgan fingerprint density at radius 1 is 1.31 bits per heavy atom. The summed E-state index contributed by atoms with van der Waals surface area (Å²) < 4.78 is 5.45. The van der Waals surface area contributed by atoms with Gasteiger partial charge in [-0.3, -0.25) is 9.59 Å². The molecule has 1 aliphatic heterocycles. The van der Waals surface area contributed by atoms with E-state index in [0.717, 1.165) is 0 Å². The van der Waals surface area contributed by atoms with Gasteiger partial charge in [0.05, 0.1) is 24.3 Å².